The Labute approximate surface area is 194 Å². The standard InChI is InChI=1S/C25H27N3O4S/c1-25(2,3)20-14-12-18(13-15-20)17-26-27-24(29)19-8-7-9-21(16-19)33(30,31)28-22-10-5-6-11-23(22)32-4/h5-17,28H,1-4H3,(H,27,29). The number of ether oxygens (including phenoxy) is 1. The summed E-state index contributed by atoms with van der Waals surface area (Å²) in [6.07, 6.45) is 1.54. The first-order valence-corrected chi connectivity index (χ1v) is 11.8. The van der Waals surface area contributed by atoms with Crippen LogP contribution in [-0.4, -0.2) is 27.6 Å². The van der Waals surface area contributed by atoms with Gasteiger partial charge in [-0.1, -0.05) is 63.2 Å². The first kappa shape index (κ1) is 24.0. The Morgan fingerprint density at radius 3 is 2.33 bits per heavy atom. The molecular formula is C25H27N3O4S. The smallest absolute Gasteiger partial charge is 0.271 e. The third kappa shape index (κ3) is 6.20. The highest BCUT2D eigenvalue weighted by molar-refractivity contribution is 7.92. The molecule has 3 aromatic carbocycles. The maximum Gasteiger partial charge on any atom is 0.271 e. The van der Waals surface area contributed by atoms with E-state index in [0.29, 0.717) is 11.4 Å². The number of amides is 1. The molecule has 0 aromatic heterocycles. The Balaban J connectivity index is 1.71. The van der Waals surface area contributed by atoms with Crippen molar-refractivity contribution < 1.29 is 17.9 Å². The molecule has 3 aromatic rings. The molecular weight excluding hydrogens is 438 g/mol. The molecule has 33 heavy (non-hydrogen) atoms. The summed E-state index contributed by atoms with van der Waals surface area (Å²) in [5.74, 6) is -0.133. The minimum Gasteiger partial charge on any atom is -0.495 e. The number of nitrogens with zero attached hydrogens (tertiary/aromatic N) is 1. The molecule has 0 aliphatic heterocycles. The molecule has 0 atom stereocenters. The summed E-state index contributed by atoms with van der Waals surface area (Å²) in [6.45, 7) is 6.41. The van der Waals surface area contributed by atoms with Crippen LogP contribution in [-0.2, 0) is 15.4 Å². The molecule has 0 saturated heterocycles. The van der Waals surface area contributed by atoms with Crippen LogP contribution in [0, 0.1) is 0 Å². The van der Waals surface area contributed by atoms with Gasteiger partial charge in [0.2, 0.25) is 0 Å². The third-order valence-corrected chi connectivity index (χ3v) is 6.28. The molecule has 172 valence electrons. The SMILES string of the molecule is COc1ccccc1NS(=O)(=O)c1cccc(C(=O)NN=Cc2ccc(C(C)(C)C)cc2)c1. The summed E-state index contributed by atoms with van der Waals surface area (Å²) >= 11 is 0. The lowest BCUT2D eigenvalue weighted by molar-refractivity contribution is 0.0955. The van der Waals surface area contributed by atoms with Gasteiger partial charge in [-0.15, -0.1) is 0 Å². The van der Waals surface area contributed by atoms with E-state index >= 15 is 0 Å². The van der Waals surface area contributed by atoms with Crippen LogP contribution in [0.2, 0.25) is 0 Å². The molecule has 8 heteroatoms. The monoisotopic (exact) mass is 465 g/mol. The van der Waals surface area contributed by atoms with E-state index in [4.69, 9.17) is 4.74 Å². The molecule has 0 bridgehead atoms. The molecule has 0 unspecified atom stereocenters. The number of hydrazone groups is 1. The second-order valence-corrected chi connectivity index (χ2v) is 10.1. The summed E-state index contributed by atoms with van der Waals surface area (Å²) in [7, 11) is -2.47. The van der Waals surface area contributed by atoms with Crippen LogP contribution in [0.4, 0.5) is 5.69 Å². The Morgan fingerprint density at radius 2 is 1.67 bits per heavy atom. The molecule has 0 radical (unpaired) electrons. The zero-order valence-electron chi connectivity index (χ0n) is 19.0. The van der Waals surface area contributed by atoms with Gasteiger partial charge in [0.15, 0.2) is 0 Å². The number of hydrogen-bond donors (Lipinski definition) is 2. The maximum atomic E-state index is 12.8. The molecule has 0 heterocycles. The molecule has 0 spiro atoms. The molecule has 3 rings (SSSR count). The van der Waals surface area contributed by atoms with Gasteiger partial charge in [-0.25, -0.2) is 13.8 Å². The van der Waals surface area contributed by atoms with Crippen molar-refractivity contribution in [2.75, 3.05) is 11.8 Å². The van der Waals surface area contributed by atoms with E-state index in [0.717, 1.165) is 5.56 Å². The van der Waals surface area contributed by atoms with Crippen molar-refractivity contribution in [2.24, 2.45) is 5.10 Å². The number of methoxy groups -OCH3 is 1. The Morgan fingerprint density at radius 1 is 0.970 bits per heavy atom. The molecule has 0 aliphatic carbocycles. The van der Waals surface area contributed by atoms with Gasteiger partial charge in [0.25, 0.3) is 15.9 Å². The summed E-state index contributed by atoms with van der Waals surface area (Å²) in [5, 5.41) is 3.99. The minimum atomic E-state index is -3.93. The second-order valence-electron chi connectivity index (χ2n) is 8.40. The summed E-state index contributed by atoms with van der Waals surface area (Å²) in [5.41, 5.74) is 4.98. The van der Waals surface area contributed by atoms with Crippen LogP contribution in [0.15, 0.2) is 82.8 Å². The fourth-order valence-corrected chi connectivity index (χ4v) is 4.15. The minimum absolute atomic E-state index is 0.0513. The number of carbonyl (C=O) groups excluding carboxylic acids is 1. The van der Waals surface area contributed by atoms with E-state index in [-0.39, 0.29) is 15.9 Å². The van der Waals surface area contributed by atoms with Crippen LogP contribution in [0.25, 0.3) is 0 Å². The number of rotatable bonds is 7. The van der Waals surface area contributed by atoms with Crippen molar-refractivity contribution in [3.05, 3.63) is 89.5 Å². The Kier molecular flexibility index (Phi) is 7.18. The van der Waals surface area contributed by atoms with Gasteiger partial charge in [0, 0.05) is 5.56 Å². The number of hydrogen-bond acceptors (Lipinski definition) is 5. The van der Waals surface area contributed by atoms with Crippen LogP contribution >= 0.6 is 0 Å². The van der Waals surface area contributed by atoms with Crippen LogP contribution in [0.1, 0.15) is 42.3 Å². The van der Waals surface area contributed by atoms with Crippen molar-refractivity contribution in [3.63, 3.8) is 0 Å². The van der Waals surface area contributed by atoms with Gasteiger partial charge < -0.3 is 4.74 Å². The van der Waals surface area contributed by atoms with E-state index in [1.807, 2.05) is 24.3 Å². The highest BCUT2D eigenvalue weighted by Gasteiger charge is 2.18. The lowest BCUT2D eigenvalue weighted by atomic mass is 9.87. The van der Waals surface area contributed by atoms with E-state index in [1.54, 1.807) is 24.3 Å². The van der Waals surface area contributed by atoms with Crippen molar-refractivity contribution in [3.8, 4) is 5.75 Å². The number of carbonyl (C=O) groups is 1. The zero-order chi connectivity index (χ0) is 24.1. The average molecular weight is 466 g/mol. The topological polar surface area (TPSA) is 96.9 Å². The van der Waals surface area contributed by atoms with Gasteiger partial charge in [-0.3, -0.25) is 9.52 Å². The molecule has 7 nitrogen and oxygen atoms in total. The van der Waals surface area contributed by atoms with Gasteiger partial charge in [0.1, 0.15) is 5.75 Å². The Hall–Kier alpha value is -3.65. The predicted molar refractivity (Wildman–Crippen MR) is 130 cm³/mol. The van der Waals surface area contributed by atoms with Crippen molar-refractivity contribution in [1.29, 1.82) is 0 Å². The number of anilines is 1. The summed E-state index contributed by atoms with van der Waals surface area (Å²) < 4.78 is 33.3. The predicted octanol–water partition coefficient (Wildman–Crippen LogP) is 4.56. The van der Waals surface area contributed by atoms with Crippen LogP contribution < -0.4 is 14.9 Å². The molecule has 2 N–H and O–H groups in total. The van der Waals surface area contributed by atoms with E-state index in [1.165, 1.54) is 43.2 Å². The van der Waals surface area contributed by atoms with Gasteiger partial charge >= 0.3 is 0 Å². The van der Waals surface area contributed by atoms with Crippen molar-refractivity contribution in [1.82, 2.24) is 5.43 Å². The van der Waals surface area contributed by atoms with Gasteiger partial charge in [-0.05, 0) is 46.9 Å². The lowest BCUT2D eigenvalue weighted by Crippen LogP contribution is -2.19. The summed E-state index contributed by atoms with van der Waals surface area (Å²) in [6, 6.07) is 20.3. The number of sulfonamides is 1. The molecule has 0 aliphatic rings. The van der Waals surface area contributed by atoms with Gasteiger partial charge in [0.05, 0.1) is 23.9 Å². The maximum absolute atomic E-state index is 12.8. The van der Waals surface area contributed by atoms with Gasteiger partial charge in [-0.2, -0.15) is 5.10 Å². The van der Waals surface area contributed by atoms with Crippen molar-refractivity contribution in [2.45, 2.75) is 31.1 Å². The normalized spacial score (nSPS) is 11.9. The van der Waals surface area contributed by atoms with Crippen LogP contribution in [0.3, 0.4) is 0 Å². The number of benzene rings is 3. The quantitative estimate of drug-likeness (QED) is 0.395. The third-order valence-electron chi connectivity index (χ3n) is 4.91. The average Bonchev–Trinajstić information content (AvgIpc) is 2.79. The summed E-state index contributed by atoms with van der Waals surface area (Å²) in [4.78, 5) is 12.4. The fourth-order valence-electron chi connectivity index (χ4n) is 3.04. The largest absolute Gasteiger partial charge is 0.495 e. The van der Waals surface area contributed by atoms with Crippen LogP contribution in [0.5, 0.6) is 5.75 Å². The molecule has 0 saturated carbocycles. The van der Waals surface area contributed by atoms with Crippen molar-refractivity contribution >= 4 is 27.8 Å². The highest BCUT2D eigenvalue weighted by Crippen LogP contribution is 2.26. The second kappa shape index (κ2) is 9.87. The fraction of sp³-hybridized carbons (Fsp3) is 0.200. The van der Waals surface area contributed by atoms with E-state index in [9.17, 15) is 13.2 Å². The zero-order valence-corrected chi connectivity index (χ0v) is 19.8. The van der Waals surface area contributed by atoms with E-state index in [2.05, 4.69) is 36.0 Å². The lowest BCUT2D eigenvalue weighted by Gasteiger charge is -2.18. The first-order chi connectivity index (χ1) is 15.6. The van der Waals surface area contributed by atoms with E-state index < -0.39 is 15.9 Å². The first-order valence-electron chi connectivity index (χ1n) is 10.3. The molecule has 1 amide bonds. The molecule has 0 fully saturated rings. The Bertz CT molecular complexity index is 1260. The number of para-hydroxylation sites is 2. The number of nitrogens with one attached hydrogen (secondary N) is 2. The highest BCUT2D eigenvalue weighted by atomic mass is 32.2.